The number of halogens is 1. The van der Waals surface area contributed by atoms with Gasteiger partial charge in [0, 0.05) is 5.92 Å². The van der Waals surface area contributed by atoms with Crippen LogP contribution in [0.25, 0.3) is 0 Å². The van der Waals surface area contributed by atoms with E-state index in [-0.39, 0.29) is 16.6 Å². The molecule has 0 unspecified atom stereocenters. The van der Waals surface area contributed by atoms with E-state index in [9.17, 15) is 4.79 Å². The molecule has 1 amide bonds. The van der Waals surface area contributed by atoms with Gasteiger partial charge >= 0.3 is 0 Å². The summed E-state index contributed by atoms with van der Waals surface area (Å²) in [6.07, 6.45) is 1.45. The van der Waals surface area contributed by atoms with E-state index in [1.54, 1.807) is 25.3 Å². The molecule has 0 aliphatic carbocycles. The van der Waals surface area contributed by atoms with E-state index >= 15 is 0 Å². The number of nitrogens with one attached hydrogen (secondary N) is 1. The van der Waals surface area contributed by atoms with Crippen molar-refractivity contribution in [3.63, 3.8) is 0 Å². The summed E-state index contributed by atoms with van der Waals surface area (Å²) in [6, 6.07) is 7.13. The molecule has 5 nitrogen and oxygen atoms in total. The molecule has 2 rings (SSSR count). The molecule has 0 aliphatic heterocycles. The monoisotopic (exact) mass is 305 g/mol. The second-order valence-electron chi connectivity index (χ2n) is 4.73. The van der Waals surface area contributed by atoms with Crippen LogP contribution in [0.3, 0.4) is 0 Å². The fourth-order valence-corrected chi connectivity index (χ4v) is 1.92. The molecule has 1 aromatic carbocycles. The van der Waals surface area contributed by atoms with Crippen molar-refractivity contribution in [1.82, 2.24) is 9.97 Å². The molecule has 0 saturated heterocycles. The Kier molecular flexibility index (Phi) is 4.75. The second-order valence-corrected chi connectivity index (χ2v) is 5.14. The van der Waals surface area contributed by atoms with Crippen molar-refractivity contribution in [1.29, 1.82) is 0 Å². The molecule has 6 heteroatoms. The van der Waals surface area contributed by atoms with Gasteiger partial charge in [-0.05, 0) is 12.1 Å². The summed E-state index contributed by atoms with van der Waals surface area (Å²) in [5.74, 6) is 0.860. The fraction of sp³-hybridized carbons (Fsp3) is 0.267. The first-order valence-corrected chi connectivity index (χ1v) is 6.87. The molecule has 0 aliphatic rings. The van der Waals surface area contributed by atoms with E-state index in [1.807, 2.05) is 19.9 Å². The highest BCUT2D eigenvalue weighted by molar-refractivity contribution is 6.33. The van der Waals surface area contributed by atoms with Gasteiger partial charge in [0.05, 0.1) is 24.0 Å². The van der Waals surface area contributed by atoms with Gasteiger partial charge in [0.1, 0.15) is 11.6 Å². The van der Waals surface area contributed by atoms with Gasteiger partial charge in [0.15, 0.2) is 5.69 Å². The van der Waals surface area contributed by atoms with Crippen molar-refractivity contribution >= 4 is 23.2 Å². The van der Waals surface area contributed by atoms with Crippen LogP contribution in [-0.4, -0.2) is 23.0 Å². The number of ether oxygens (including phenoxy) is 1. The van der Waals surface area contributed by atoms with Crippen LogP contribution >= 0.6 is 11.6 Å². The lowest BCUT2D eigenvalue weighted by molar-refractivity contribution is 0.102. The summed E-state index contributed by atoms with van der Waals surface area (Å²) in [5.41, 5.74) is 0.715. The van der Waals surface area contributed by atoms with Crippen LogP contribution in [0.15, 0.2) is 30.5 Å². The summed E-state index contributed by atoms with van der Waals surface area (Å²) in [5, 5.41) is 2.96. The molecule has 1 N–H and O–H groups in total. The first-order chi connectivity index (χ1) is 10.0. The predicted molar refractivity (Wildman–Crippen MR) is 82.1 cm³/mol. The largest absolute Gasteiger partial charge is 0.495 e. The minimum absolute atomic E-state index is 0.111. The second kappa shape index (κ2) is 6.54. The number of hydrogen-bond donors (Lipinski definition) is 1. The number of hydrogen-bond acceptors (Lipinski definition) is 4. The third kappa shape index (κ3) is 3.49. The SMILES string of the molecule is COc1ccccc1NC(=O)c1nc(C(C)C)ncc1Cl. The lowest BCUT2D eigenvalue weighted by Crippen LogP contribution is -2.16. The molecule has 0 radical (unpaired) electrons. The first-order valence-electron chi connectivity index (χ1n) is 6.49. The zero-order valence-corrected chi connectivity index (χ0v) is 12.8. The van der Waals surface area contributed by atoms with Gasteiger partial charge in [0.25, 0.3) is 5.91 Å². The van der Waals surface area contributed by atoms with Gasteiger partial charge in [-0.3, -0.25) is 4.79 Å². The van der Waals surface area contributed by atoms with E-state index in [0.717, 1.165) is 0 Å². The van der Waals surface area contributed by atoms with E-state index in [0.29, 0.717) is 17.3 Å². The van der Waals surface area contributed by atoms with Crippen LogP contribution in [0.5, 0.6) is 5.75 Å². The highest BCUT2D eigenvalue weighted by Crippen LogP contribution is 2.24. The topological polar surface area (TPSA) is 64.1 Å². The van der Waals surface area contributed by atoms with Gasteiger partial charge in [-0.2, -0.15) is 0 Å². The molecule has 0 atom stereocenters. The van der Waals surface area contributed by atoms with Crippen LogP contribution in [0.1, 0.15) is 36.1 Å². The quantitative estimate of drug-likeness (QED) is 0.938. The van der Waals surface area contributed by atoms with E-state index in [4.69, 9.17) is 16.3 Å². The Balaban J connectivity index is 2.30. The molecular formula is C15H16ClN3O2. The number of aromatic nitrogens is 2. The molecule has 0 spiro atoms. The number of rotatable bonds is 4. The molecular weight excluding hydrogens is 290 g/mol. The Morgan fingerprint density at radius 2 is 2.05 bits per heavy atom. The number of carbonyl (C=O) groups excluding carboxylic acids is 1. The number of methoxy groups -OCH3 is 1. The predicted octanol–water partition coefficient (Wildman–Crippen LogP) is 3.51. The molecule has 1 aromatic heterocycles. The lowest BCUT2D eigenvalue weighted by Gasteiger charge is -2.11. The lowest BCUT2D eigenvalue weighted by atomic mass is 10.2. The number of para-hydroxylation sites is 2. The molecule has 0 bridgehead atoms. The smallest absolute Gasteiger partial charge is 0.276 e. The number of nitrogens with zero attached hydrogens (tertiary/aromatic N) is 2. The van der Waals surface area contributed by atoms with Gasteiger partial charge in [-0.1, -0.05) is 37.6 Å². The van der Waals surface area contributed by atoms with Crippen LogP contribution in [0, 0.1) is 0 Å². The van der Waals surface area contributed by atoms with Crippen molar-refractivity contribution < 1.29 is 9.53 Å². The average molecular weight is 306 g/mol. The summed E-state index contributed by atoms with van der Waals surface area (Å²) < 4.78 is 5.19. The third-order valence-electron chi connectivity index (χ3n) is 2.85. The number of benzene rings is 1. The maximum atomic E-state index is 12.3. The molecule has 1 heterocycles. The van der Waals surface area contributed by atoms with Gasteiger partial charge < -0.3 is 10.1 Å². The Morgan fingerprint density at radius 3 is 2.71 bits per heavy atom. The maximum absolute atomic E-state index is 12.3. The van der Waals surface area contributed by atoms with E-state index in [1.165, 1.54) is 6.20 Å². The maximum Gasteiger partial charge on any atom is 0.276 e. The van der Waals surface area contributed by atoms with Crippen molar-refractivity contribution in [2.75, 3.05) is 12.4 Å². The van der Waals surface area contributed by atoms with Crippen LogP contribution in [0.4, 0.5) is 5.69 Å². The average Bonchev–Trinajstić information content (AvgIpc) is 2.47. The van der Waals surface area contributed by atoms with Gasteiger partial charge in [0.2, 0.25) is 0 Å². The molecule has 2 aromatic rings. The summed E-state index contributed by atoms with van der Waals surface area (Å²) in [7, 11) is 1.54. The minimum Gasteiger partial charge on any atom is -0.495 e. The van der Waals surface area contributed by atoms with Gasteiger partial charge in [-0.25, -0.2) is 9.97 Å². The van der Waals surface area contributed by atoms with E-state index < -0.39 is 5.91 Å². The van der Waals surface area contributed by atoms with E-state index in [2.05, 4.69) is 15.3 Å². The van der Waals surface area contributed by atoms with Crippen molar-refractivity contribution in [2.24, 2.45) is 0 Å². The van der Waals surface area contributed by atoms with Crippen LogP contribution < -0.4 is 10.1 Å². The number of anilines is 1. The molecule has 0 fully saturated rings. The van der Waals surface area contributed by atoms with Crippen molar-refractivity contribution in [3.8, 4) is 5.75 Å². The number of carbonyl (C=O) groups is 1. The van der Waals surface area contributed by atoms with Crippen molar-refractivity contribution in [2.45, 2.75) is 19.8 Å². The van der Waals surface area contributed by atoms with Crippen LogP contribution in [0.2, 0.25) is 5.02 Å². The Labute approximate surface area is 128 Å². The molecule has 110 valence electrons. The Hall–Kier alpha value is -2.14. The summed E-state index contributed by atoms with van der Waals surface area (Å²) in [6.45, 7) is 3.90. The summed E-state index contributed by atoms with van der Waals surface area (Å²) >= 11 is 6.02. The normalized spacial score (nSPS) is 10.5. The zero-order chi connectivity index (χ0) is 15.4. The third-order valence-corrected chi connectivity index (χ3v) is 3.13. The standard InChI is InChI=1S/C15H16ClN3O2/c1-9(2)14-17-8-10(16)13(19-14)15(20)18-11-6-4-5-7-12(11)21-3/h4-9H,1-3H3,(H,18,20). The summed E-state index contributed by atoms with van der Waals surface area (Å²) in [4.78, 5) is 20.7. The van der Waals surface area contributed by atoms with Crippen molar-refractivity contribution in [3.05, 3.63) is 47.0 Å². The highest BCUT2D eigenvalue weighted by Gasteiger charge is 2.16. The minimum atomic E-state index is -0.395. The fourth-order valence-electron chi connectivity index (χ4n) is 1.75. The Bertz CT molecular complexity index is 659. The first kappa shape index (κ1) is 15.3. The molecule has 0 saturated carbocycles. The zero-order valence-electron chi connectivity index (χ0n) is 12.1. The Morgan fingerprint density at radius 1 is 1.33 bits per heavy atom. The number of amides is 1. The highest BCUT2D eigenvalue weighted by atomic mass is 35.5. The van der Waals surface area contributed by atoms with Gasteiger partial charge in [-0.15, -0.1) is 0 Å². The van der Waals surface area contributed by atoms with Crippen LogP contribution in [-0.2, 0) is 0 Å². The molecule has 21 heavy (non-hydrogen) atoms.